The average molecular weight is 200 g/mol. The first-order valence-corrected chi connectivity index (χ1v) is 7.95. The lowest BCUT2D eigenvalue weighted by atomic mass is 10.0. The Labute approximate surface area is 84.6 Å². The van der Waals surface area contributed by atoms with Crippen LogP contribution in [0.1, 0.15) is 52.4 Å². The van der Waals surface area contributed by atoms with Crippen molar-refractivity contribution in [2.75, 3.05) is 6.61 Å². The van der Waals surface area contributed by atoms with Crippen LogP contribution < -0.4 is 0 Å². The summed E-state index contributed by atoms with van der Waals surface area (Å²) in [6.07, 6.45) is 8.52. The summed E-state index contributed by atoms with van der Waals surface area (Å²) in [7, 11) is -0.812. The summed E-state index contributed by atoms with van der Waals surface area (Å²) in [5, 5.41) is 0. The molecule has 13 heavy (non-hydrogen) atoms. The minimum atomic E-state index is -0.812. The van der Waals surface area contributed by atoms with Crippen LogP contribution in [-0.4, -0.2) is 15.6 Å². The second-order valence-corrected chi connectivity index (χ2v) is 7.39. The van der Waals surface area contributed by atoms with Crippen molar-refractivity contribution in [2.45, 2.75) is 64.0 Å². The van der Waals surface area contributed by atoms with Crippen molar-refractivity contribution >= 4 is 9.04 Å². The molecule has 1 aliphatic rings. The van der Waals surface area contributed by atoms with Crippen LogP contribution >= 0.6 is 0 Å². The molecule has 1 unspecified atom stereocenters. The molecule has 0 spiro atoms. The van der Waals surface area contributed by atoms with Gasteiger partial charge in [-0.3, -0.25) is 0 Å². The van der Waals surface area contributed by atoms with E-state index < -0.39 is 9.04 Å². The fraction of sp³-hybridized carbons (Fsp3) is 1.00. The SMILES string of the molecule is CCCO[SiH](CC)C1CCCCC1. The predicted molar refractivity (Wildman–Crippen MR) is 60.7 cm³/mol. The van der Waals surface area contributed by atoms with Crippen LogP contribution in [-0.2, 0) is 4.43 Å². The molecule has 1 saturated carbocycles. The van der Waals surface area contributed by atoms with Crippen LogP contribution in [0.3, 0.4) is 0 Å². The Morgan fingerprint density at radius 1 is 1.15 bits per heavy atom. The van der Waals surface area contributed by atoms with Gasteiger partial charge >= 0.3 is 0 Å². The Balaban J connectivity index is 2.26. The molecule has 1 fully saturated rings. The molecule has 2 heteroatoms. The molecule has 1 rings (SSSR count). The van der Waals surface area contributed by atoms with Gasteiger partial charge in [0.15, 0.2) is 9.04 Å². The van der Waals surface area contributed by atoms with E-state index in [4.69, 9.17) is 4.43 Å². The highest BCUT2D eigenvalue weighted by Crippen LogP contribution is 2.32. The molecule has 0 N–H and O–H groups in total. The second kappa shape index (κ2) is 6.60. The smallest absolute Gasteiger partial charge is 0.179 e. The van der Waals surface area contributed by atoms with Gasteiger partial charge in [-0.05, 0) is 18.0 Å². The molecular formula is C11H24OSi. The number of rotatable bonds is 5. The van der Waals surface area contributed by atoms with E-state index in [0.717, 1.165) is 12.1 Å². The van der Waals surface area contributed by atoms with Crippen LogP contribution in [0.15, 0.2) is 0 Å². The Hall–Kier alpha value is 0.177. The average Bonchev–Trinajstić information content (AvgIpc) is 2.21. The van der Waals surface area contributed by atoms with E-state index in [9.17, 15) is 0 Å². The zero-order valence-corrected chi connectivity index (χ0v) is 10.4. The van der Waals surface area contributed by atoms with Gasteiger partial charge in [-0.25, -0.2) is 0 Å². The maximum absolute atomic E-state index is 6.02. The zero-order valence-electron chi connectivity index (χ0n) is 9.22. The monoisotopic (exact) mass is 200 g/mol. The van der Waals surface area contributed by atoms with E-state index in [0.29, 0.717) is 0 Å². The highest BCUT2D eigenvalue weighted by molar-refractivity contribution is 6.53. The molecule has 0 aromatic heterocycles. The van der Waals surface area contributed by atoms with Crippen molar-refractivity contribution in [3.63, 3.8) is 0 Å². The quantitative estimate of drug-likeness (QED) is 0.617. The van der Waals surface area contributed by atoms with E-state index in [1.165, 1.54) is 44.6 Å². The van der Waals surface area contributed by atoms with Gasteiger partial charge in [-0.1, -0.05) is 46.0 Å². The van der Waals surface area contributed by atoms with Crippen molar-refractivity contribution in [3.8, 4) is 0 Å². The molecule has 1 nitrogen and oxygen atoms in total. The molecule has 1 atom stereocenters. The zero-order chi connectivity index (χ0) is 9.52. The molecule has 0 saturated heterocycles. The van der Waals surface area contributed by atoms with Gasteiger partial charge in [0.2, 0.25) is 0 Å². The van der Waals surface area contributed by atoms with Crippen molar-refractivity contribution in [2.24, 2.45) is 0 Å². The number of hydrogen-bond acceptors (Lipinski definition) is 1. The lowest BCUT2D eigenvalue weighted by Gasteiger charge is -2.28. The Bertz CT molecular complexity index is 121. The molecular weight excluding hydrogens is 176 g/mol. The third-order valence-corrected chi connectivity index (χ3v) is 6.30. The van der Waals surface area contributed by atoms with Gasteiger partial charge in [0, 0.05) is 6.61 Å². The molecule has 0 aromatic carbocycles. The largest absolute Gasteiger partial charge is 0.420 e. The minimum absolute atomic E-state index is 0.812. The van der Waals surface area contributed by atoms with Gasteiger partial charge < -0.3 is 4.43 Å². The summed E-state index contributed by atoms with van der Waals surface area (Å²) in [5.74, 6) is 0. The maximum atomic E-state index is 6.02. The van der Waals surface area contributed by atoms with Gasteiger partial charge in [-0.15, -0.1) is 0 Å². The first kappa shape index (κ1) is 11.3. The summed E-state index contributed by atoms with van der Waals surface area (Å²) < 4.78 is 6.02. The van der Waals surface area contributed by atoms with E-state index in [1.807, 2.05) is 0 Å². The van der Waals surface area contributed by atoms with Crippen LogP contribution in [0.2, 0.25) is 11.6 Å². The summed E-state index contributed by atoms with van der Waals surface area (Å²) >= 11 is 0. The van der Waals surface area contributed by atoms with E-state index in [-0.39, 0.29) is 0 Å². The molecule has 0 radical (unpaired) electrons. The second-order valence-electron chi connectivity index (χ2n) is 4.22. The Morgan fingerprint density at radius 3 is 2.38 bits per heavy atom. The molecule has 0 aromatic rings. The van der Waals surface area contributed by atoms with E-state index in [2.05, 4.69) is 13.8 Å². The fourth-order valence-electron chi connectivity index (χ4n) is 2.36. The first-order valence-electron chi connectivity index (χ1n) is 6.00. The summed E-state index contributed by atoms with van der Waals surface area (Å²) in [5.41, 5.74) is 1.00. The molecule has 0 amide bonds. The lowest BCUT2D eigenvalue weighted by Crippen LogP contribution is -2.26. The highest BCUT2D eigenvalue weighted by atomic mass is 28.3. The maximum Gasteiger partial charge on any atom is 0.179 e. The van der Waals surface area contributed by atoms with E-state index >= 15 is 0 Å². The van der Waals surface area contributed by atoms with Crippen LogP contribution in [0.25, 0.3) is 0 Å². The van der Waals surface area contributed by atoms with Crippen LogP contribution in [0.5, 0.6) is 0 Å². The lowest BCUT2D eigenvalue weighted by molar-refractivity contribution is 0.300. The minimum Gasteiger partial charge on any atom is -0.420 e. The third kappa shape index (κ3) is 3.82. The number of hydrogen-bond donors (Lipinski definition) is 0. The molecule has 78 valence electrons. The first-order chi connectivity index (χ1) is 6.38. The third-order valence-electron chi connectivity index (χ3n) is 3.11. The van der Waals surface area contributed by atoms with Crippen molar-refractivity contribution in [1.29, 1.82) is 0 Å². The highest BCUT2D eigenvalue weighted by Gasteiger charge is 2.24. The molecule has 0 bridgehead atoms. The van der Waals surface area contributed by atoms with Crippen molar-refractivity contribution < 1.29 is 4.43 Å². The predicted octanol–water partition coefficient (Wildman–Crippen LogP) is 3.49. The molecule has 0 aliphatic heterocycles. The van der Waals surface area contributed by atoms with Crippen LogP contribution in [0, 0.1) is 0 Å². The Kier molecular flexibility index (Phi) is 5.72. The molecule has 0 heterocycles. The van der Waals surface area contributed by atoms with Gasteiger partial charge in [0.05, 0.1) is 0 Å². The summed E-state index contributed by atoms with van der Waals surface area (Å²) in [4.78, 5) is 0. The van der Waals surface area contributed by atoms with Gasteiger partial charge in [0.25, 0.3) is 0 Å². The standard InChI is InChI=1S/C11H24OSi/c1-3-10-12-13(4-2)11-8-6-5-7-9-11/h11,13H,3-10H2,1-2H3. The topological polar surface area (TPSA) is 9.23 Å². The van der Waals surface area contributed by atoms with Crippen molar-refractivity contribution in [3.05, 3.63) is 0 Å². The van der Waals surface area contributed by atoms with Gasteiger partial charge in [0.1, 0.15) is 0 Å². The summed E-state index contributed by atoms with van der Waals surface area (Å²) in [6, 6.07) is 1.34. The van der Waals surface area contributed by atoms with Gasteiger partial charge in [-0.2, -0.15) is 0 Å². The van der Waals surface area contributed by atoms with Crippen LogP contribution in [0.4, 0.5) is 0 Å². The van der Waals surface area contributed by atoms with E-state index in [1.54, 1.807) is 0 Å². The van der Waals surface area contributed by atoms with Crippen molar-refractivity contribution in [1.82, 2.24) is 0 Å². The Morgan fingerprint density at radius 2 is 1.85 bits per heavy atom. The normalized spacial score (nSPS) is 21.7. The fourth-order valence-corrected chi connectivity index (χ4v) is 5.29. The summed E-state index contributed by atoms with van der Waals surface area (Å²) in [6.45, 7) is 5.55. The molecule has 1 aliphatic carbocycles.